The van der Waals surface area contributed by atoms with Crippen molar-refractivity contribution in [1.82, 2.24) is 0 Å². The monoisotopic (exact) mass is 200 g/mol. The molecule has 0 amide bonds. The molecule has 2 saturated heterocycles. The highest BCUT2D eigenvalue weighted by Gasteiger charge is 2.50. The lowest BCUT2D eigenvalue weighted by Crippen LogP contribution is -2.29. The van der Waals surface area contributed by atoms with Gasteiger partial charge in [-0.1, -0.05) is 0 Å². The van der Waals surface area contributed by atoms with Crippen molar-refractivity contribution in [3.8, 4) is 0 Å². The van der Waals surface area contributed by atoms with E-state index in [-0.39, 0.29) is 30.2 Å². The van der Waals surface area contributed by atoms with Crippen molar-refractivity contribution in [1.29, 1.82) is 0 Å². The Bertz CT molecular complexity index is 228. The maximum absolute atomic E-state index is 11.6. The summed E-state index contributed by atoms with van der Waals surface area (Å²) in [5.74, 6) is -0.0792. The molecule has 2 heterocycles. The molecule has 0 radical (unpaired) electrons. The highest BCUT2D eigenvalue weighted by molar-refractivity contribution is 5.74. The van der Waals surface area contributed by atoms with Crippen LogP contribution in [0.4, 0.5) is 0 Å². The van der Waals surface area contributed by atoms with E-state index in [0.29, 0.717) is 13.2 Å². The van der Waals surface area contributed by atoms with E-state index in [1.807, 2.05) is 13.8 Å². The van der Waals surface area contributed by atoms with Crippen LogP contribution in [0.2, 0.25) is 0 Å². The number of hydrogen-bond donors (Lipinski definition) is 0. The van der Waals surface area contributed by atoms with Crippen molar-refractivity contribution >= 4 is 5.97 Å². The van der Waals surface area contributed by atoms with Gasteiger partial charge in [-0.05, 0) is 20.3 Å². The summed E-state index contributed by atoms with van der Waals surface area (Å²) in [6.45, 7) is 4.85. The van der Waals surface area contributed by atoms with Gasteiger partial charge in [-0.3, -0.25) is 4.79 Å². The number of hydrogen-bond acceptors (Lipinski definition) is 4. The number of fused-ring (bicyclic) bond motifs is 1. The highest BCUT2D eigenvalue weighted by atomic mass is 16.7. The smallest absolute Gasteiger partial charge is 0.312 e. The molecule has 0 aromatic rings. The molecule has 4 nitrogen and oxygen atoms in total. The Labute approximate surface area is 83.5 Å². The molecule has 0 spiro atoms. The van der Waals surface area contributed by atoms with Crippen molar-refractivity contribution in [2.45, 2.75) is 32.7 Å². The fourth-order valence-electron chi connectivity index (χ4n) is 2.32. The van der Waals surface area contributed by atoms with Crippen molar-refractivity contribution in [3.05, 3.63) is 0 Å². The van der Waals surface area contributed by atoms with Gasteiger partial charge >= 0.3 is 5.97 Å². The van der Waals surface area contributed by atoms with E-state index in [0.717, 1.165) is 6.42 Å². The fourth-order valence-corrected chi connectivity index (χ4v) is 2.32. The summed E-state index contributed by atoms with van der Waals surface area (Å²) in [7, 11) is 0. The SMILES string of the molecule is CCOC(=O)[C@H]1[C@@H]2CCO[C@@H]2O[C@H]1C. The first-order chi connectivity index (χ1) is 6.74. The summed E-state index contributed by atoms with van der Waals surface area (Å²) in [4.78, 5) is 11.6. The minimum atomic E-state index is -0.181. The Kier molecular flexibility index (Phi) is 2.74. The average molecular weight is 200 g/mol. The van der Waals surface area contributed by atoms with Gasteiger partial charge in [0.15, 0.2) is 6.29 Å². The molecule has 0 aliphatic carbocycles. The standard InChI is InChI=1S/C10H16O4/c1-3-12-9(11)8-6(2)14-10-7(8)4-5-13-10/h6-8,10H,3-5H2,1-2H3/t6-,7-,8+,10+/m0/s1. The zero-order valence-corrected chi connectivity index (χ0v) is 8.56. The van der Waals surface area contributed by atoms with Crippen molar-refractivity contribution < 1.29 is 19.0 Å². The summed E-state index contributed by atoms with van der Waals surface area (Å²) in [6, 6.07) is 0. The molecule has 4 heteroatoms. The Hall–Kier alpha value is -0.610. The summed E-state index contributed by atoms with van der Waals surface area (Å²) in [6.07, 6.45) is 0.641. The van der Waals surface area contributed by atoms with Crippen LogP contribution in [0.3, 0.4) is 0 Å². The zero-order valence-electron chi connectivity index (χ0n) is 8.56. The minimum absolute atomic E-state index is 0.0793. The topological polar surface area (TPSA) is 44.8 Å². The quantitative estimate of drug-likeness (QED) is 0.622. The average Bonchev–Trinajstić information content (AvgIpc) is 2.63. The Balaban J connectivity index is 2.05. The van der Waals surface area contributed by atoms with Gasteiger partial charge in [-0.25, -0.2) is 0 Å². The zero-order chi connectivity index (χ0) is 10.1. The molecule has 0 saturated carbocycles. The van der Waals surface area contributed by atoms with E-state index >= 15 is 0 Å². The predicted octanol–water partition coefficient (Wildman–Crippen LogP) is 0.947. The van der Waals surface area contributed by atoms with Crippen molar-refractivity contribution in [3.63, 3.8) is 0 Å². The number of esters is 1. The van der Waals surface area contributed by atoms with Crippen LogP contribution < -0.4 is 0 Å². The largest absolute Gasteiger partial charge is 0.466 e. The summed E-state index contributed by atoms with van der Waals surface area (Å²) < 4.78 is 15.9. The summed E-state index contributed by atoms with van der Waals surface area (Å²) >= 11 is 0. The van der Waals surface area contributed by atoms with Crippen LogP contribution in [0.5, 0.6) is 0 Å². The Morgan fingerprint density at radius 1 is 1.57 bits per heavy atom. The lowest BCUT2D eigenvalue weighted by molar-refractivity contribution is -0.151. The van der Waals surface area contributed by atoms with Crippen LogP contribution in [0.25, 0.3) is 0 Å². The molecule has 0 bridgehead atoms. The normalized spacial score (nSPS) is 41.0. The van der Waals surface area contributed by atoms with Crippen LogP contribution in [0, 0.1) is 11.8 Å². The Morgan fingerprint density at radius 3 is 3.07 bits per heavy atom. The van der Waals surface area contributed by atoms with Crippen LogP contribution in [0.15, 0.2) is 0 Å². The predicted molar refractivity (Wildman–Crippen MR) is 48.5 cm³/mol. The van der Waals surface area contributed by atoms with E-state index in [1.54, 1.807) is 0 Å². The van der Waals surface area contributed by atoms with Gasteiger partial charge in [0, 0.05) is 5.92 Å². The van der Waals surface area contributed by atoms with E-state index in [1.165, 1.54) is 0 Å². The van der Waals surface area contributed by atoms with E-state index in [4.69, 9.17) is 14.2 Å². The van der Waals surface area contributed by atoms with Crippen LogP contribution in [-0.2, 0) is 19.0 Å². The van der Waals surface area contributed by atoms with Crippen LogP contribution in [0.1, 0.15) is 20.3 Å². The van der Waals surface area contributed by atoms with Gasteiger partial charge in [0.25, 0.3) is 0 Å². The maximum atomic E-state index is 11.6. The molecule has 80 valence electrons. The van der Waals surface area contributed by atoms with Gasteiger partial charge < -0.3 is 14.2 Å². The minimum Gasteiger partial charge on any atom is -0.466 e. The highest BCUT2D eigenvalue weighted by Crippen LogP contribution is 2.40. The molecular formula is C10H16O4. The Morgan fingerprint density at radius 2 is 2.36 bits per heavy atom. The van der Waals surface area contributed by atoms with Crippen LogP contribution in [-0.4, -0.2) is 31.6 Å². The molecule has 14 heavy (non-hydrogen) atoms. The first-order valence-electron chi connectivity index (χ1n) is 5.17. The second-order valence-electron chi connectivity index (χ2n) is 3.81. The number of carbonyl (C=O) groups excluding carboxylic acids is 1. The molecular weight excluding hydrogens is 184 g/mol. The summed E-state index contributed by atoms with van der Waals surface area (Å²) in [5, 5.41) is 0. The molecule has 0 N–H and O–H groups in total. The van der Waals surface area contributed by atoms with Gasteiger partial charge in [0.2, 0.25) is 0 Å². The first kappa shape index (κ1) is 9.93. The lowest BCUT2D eigenvalue weighted by atomic mass is 9.89. The van der Waals surface area contributed by atoms with Gasteiger partial charge in [-0.15, -0.1) is 0 Å². The van der Waals surface area contributed by atoms with Gasteiger partial charge in [-0.2, -0.15) is 0 Å². The fraction of sp³-hybridized carbons (Fsp3) is 0.900. The summed E-state index contributed by atoms with van der Waals surface area (Å²) in [5.41, 5.74) is 0. The third-order valence-electron chi connectivity index (χ3n) is 2.96. The van der Waals surface area contributed by atoms with E-state index in [9.17, 15) is 4.79 Å². The van der Waals surface area contributed by atoms with E-state index < -0.39 is 0 Å². The van der Waals surface area contributed by atoms with Crippen molar-refractivity contribution in [2.75, 3.05) is 13.2 Å². The molecule has 2 aliphatic rings. The number of rotatable bonds is 2. The second kappa shape index (κ2) is 3.87. The maximum Gasteiger partial charge on any atom is 0.312 e. The van der Waals surface area contributed by atoms with Crippen LogP contribution >= 0.6 is 0 Å². The number of ether oxygens (including phenoxy) is 3. The molecule has 0 aromatic heterocycles. The van der Waals surface area contributed by atoms with Gasteiger partial charge in [0.05, 0.1) is 25.2 Å². The lowest BCUT2D eigenvalue weighted by Gasteiger charge is -2.16. The molecule has 2 rings (SSSR count). The third kappa shape index (κ3) is 1.53. The van der Waals surface area contributed by atoms with Crippen molar-refractivity contribution in [2.24, 2.45) is 11.8 Å². The molecule has 4 atom stereocenters. The number of carbonyl (C=O) groups is 1. The first-order valence-corrected chi connectivity index (χ1v) is 5.17. The van der Waals surface area contributed by atoms with E-state index in [2.05, 4.69) is 0 Å². The molecule has 2 fully saturated rings. The second-order valence-corrected chi connectivity index (χ2v) is 3.81. The third-order valence-corrected chi connectivity index (χ3v) is 2.96. The molecule has 0 aromatic carbocycles. The van der Waals surface area contributed by atoms with Gasteiger partial charge in [0.1, 0.15) is 0 Å². The molecule has 0 unspecified atom stereocenters. The molecule has 2 aliphatic heterocycles.